The molecule has 0 aromatic rings. The van der Waals surface area contributed by atoms with Crippen molar-refractivity contribution >= 4 is 11.6 Å². The van der Waals surface area contributed by atoms with Gasteiger partial charge in [-0.25, -0.2) is 0 Å². The monoisotopic (exact) mass is 364 g/mol. The maximum atomic E-state index is 12.4. The summed E-state index contributed by atoms with van der Waals surface area (Å²) in [4.78, 5) is 24.3. The number of Topliss-reactive ketones (excluding diaryl/α,β-unsaturated/α-hetero) is 2. The molecule has 5 heteroatoms. The molecule has 0 aliphatic heterocycles. The highest BCUT2D eigenvalue weighted by atomic mass is 16.3. The molecule has 3 N–H and O–H groups in total. The summed E-state index contributed by atoms with van der Waals surface area (Å²) in [5.41, 5.74) is -2.24. The van der Waals surface area contributed by atoms with Gasteiger partial charge in [-0.3, -0.25) is 9.59 Å². The summed E-state index contributed by atoms with van der Waals surface area (Å²) in [5.74, 6) is 0.800. The fourth-order valence-corrected chi connectivity index (χ4v) is 7.76. The first-order valence-electron chi connectivity index (χ1n) is 10.2. The molecule has 0 spiro atoms. The third kappa shape index (κ3) is 2.20. The van der Waals surface area contributed by atoms with Gasteiger partial charge in [-0.15, -0.1) is 0 Å². The number of fused-ring (bicyclic) bond motifs is 5. The minimum absolute atomic E-state index is 0.0285. The third-order valence-corrected chi connectivity index (χ3v) is 9.17. The first-order valence-corrected chi connectivity index (χ1v) is 10.2. The molecule has 26 heavy (non-hydrogen) atoms. The van der Waals surface area contributed by atoms with Crippen LogP contribution in [0.4, 0.5) is 0 Å². The van der Waals surface area contributed by atoms with Crippen LogP contribution in [0, 0.1) is 34.5 Å². The fraction of sp³-hybridized carbons (Fsp3) is 0.905. The molecule has 8 atom stereocenters. The van der Waals surface area contributed by atoms with Crippen LogP contribution < -0.4 is 0 Å². The van der Waals surface area contributed by atoms with E-state index >= 15 is 0 Å². The van der Waals surface area contributed by atoms with Crippen molar-refractivity contribution in [3.8, 4) is 0 Å². The van der Waals surface area contributed by atoms with E-state index in [4.69, 9.17) is 0 Å². The van der Waals surface area contributed by atoms with E-state index in [1.54, 1.807) is 0 Å². The van der Waals surface area contributed by atoms with Crippen molar-refractivity contribution in [2.24, 2.45) is 34.5 Å². The molecular formula is C21H32O5. The van der Waals surface area contributed by atoms with Crippen molar-refractivity contribution in [1.82, 2.24) is 0 Å². The second-order valence-corrected chi connectivity index (χ2v) is 9.99. The quantitative estimate of drug-likeness (QED) is 0.695. The highest BCUT2D eigenvalue weighted by Crippen LogP contribution is 2.68. The minimum atomic E-state index is -1.53. The van der Waals surface area contributed by atoms with Crippen molar-refractivity contribution in [2.75, 3.05) is 6.61 Å². The molecule has 5 nitrogen and oxygen atoms in total. The van der Waals surface area contributed by atoms with Gasteiger partial charge in [0.25, 0.3) is 0 Å². The highest BCUT2D eigenvalue weighted by molar-refractivity contribution is 5.89. The van der Waals surface area contributed by atoms with Crippen molar-refractivity contribution in [3.05, 3.63) is 0 Å². The molecule has 0 amide bonds. The molecule has 0 aromatic carbocycles. The average molecular weight is 364 g/mol. The van der Waals surface area contributed by atoms with E-state index in [1.165, 1.54) is 0 Å². The van der Waals surface area contributed by atoms with Crippen molar-refractivity contribution < 1.29 is 24.9 Å². The Balaban J connectivity index is 1.70. The van der Waals surface area contributed by atoms with Crippen LogP contribution in [0.5, 0.6) is 0 Å². The summed E-state index contributed by atoms with van der Waals surface area (Å²) in [5, 5.41) is 31.8. The molecular weight excluding hydrogens is 332 g/mol. The molecule has 4 saturated carbocycles. The predicted octanol–water partition coefficient (Wildman–Crippen LogP) is 1.86. The van der Waals surface area contributed by atoms with Gasteiger partial charge in [0.2, 0.25) is 0 Å². The Morgan fingerprint density at radius 2 is 1.92 bits per heavy atom. The highest BCUT2D eigenvalue weighted by Gasteiger charge is 2.68. The Hall–Kier alpha value is -0.780. The van der Waals surface area contributed by atoms with Crippen LogP contribution in [0.2, 0.25) is 0 Å². The first kappa shape index (κ1) is 18.6. The van der Waals surface area contributed by atoms with Crippen molar-refractivity contribution in [2.45, 2.75) is 76.9 Å². The van der Waals surface area contributed by atoms with Crippen LogP contribution in [0.25, 0.3) is 0 Å². The number of aliphatic hydroxyl groups is 3. The lowest BCUT2D eigenvalue weighted by Crippen LogP contribution is -2.63. The van der Waals surface area contributed by atoms with Crippen LogP contribution >= 0.6 is 0 Å². The molecule has 0 radical (unpaired) electrons. The topological polar surface area (TPSA) is 94.8 Å². The van der Waals surface area contributed by atoms with Gasteiger partial charge in [0.1, 0.15) is 18.0 Å². The molecule has 1 unspecified atom stereocenters. The zero-order valence-electron chi connectivity index (χ0n) is 15.9. The van der Waals surface area contributed by atoms with Gasteiger partial charge in [0, 0.05) is 18.3 Å². The SMILES string of the molecule is C[C@]12CCC(=O)CC1CC[C@@H]1[C@@H]2[C@@H](O)C[C@@]2(C)[C@H]1CC[C@@]2(O)C(=O)CO. The number of ketones is 2. The zero-order valence-corrected chi connectivity index (χ0v) is 15.9. The molecule has 4 aliphatic carbocycles. The van der Waals surface area contributed by atoms with E-state index in [9.17, 15) is 24.9 Å². The van der Waals surface area contributed by atoms with E-state index in [1.807, 2.05) is 6.92 Å². The molecule has 146 valence electrons. The molecule has 0 aromatic heterocycles. The molecule has 0 heterocycles. The number of rotatable bonds is 2. The Bertz CT molecular complexity index is 632. The Labute approximate surface area is 155 Å². The van der Waals surface area contributed by atoms with Gasteiger partial charge in [0.05, 0.1) is 6.10 Å². The summed E-state index contributed by atoms with van der Waals surface area (Å²) in [7, 11) is 0. The van der Waals surface area contributed by atoms with Crippen molar-refractivity contribution in [3.63, 3.8) is 0 Å². The van der Waals surface area contributed by atoms with Crippen LogP contribution in [-0.2, 0) is 9.59 Å². The molecule has 4 rings (SSSR count). The third-order valence-electron chi connectivity index (χ3n) is 9.17. The second kappa shape index (κ2) is 5.86. The van der Waals surface area contributed by atoms with Gasteiger partial charge in [0.15, 0.2) is 5.78 Å². The second-order valence-electron chi connectivity index (χ2n) is 9.99. The summed E-state index contributed by atoms with van der Waals surface area (Å²) < 4.78 is 0. The van der Waals surface area contributed by atoms with Crippen LogP contribution in [0.15, 0.2) is 0 Å². The minimum Gasteiger partial charge on any atom is -0.393 e. The van der Waals surface area contributed by atoms with Gasteiger partial charge in [-0.1, -0.05) is 13.8 Å². The zero-order chi connectivity index (χ0) is 18.9. The molecule has 4 fully saturated rings. The van der Waals surface area contributed by atoms with E-state index < -0.39 is 29.5 Å². The van der Waals surface area contributed by atoms with Crippen LogP contribution in [0.3, 0.4) is 0 Å². The van der Waals surface area contributed by atoms with Crippen molar-refractivity contribution in [1.29, 1.82) is 0 Å². The maximum Gasteiger partial charge on any atom is 0.190 e. The van der Waals surface area contributed by atoms with Gasteiger partial charge in [-0.05, 0) is 67.6 Å². The summed E-state index contributed by atoms with van der Waals surface area (Å²) in [6, 6.07) is 0. The fourth-order valence-electron chi connectivity index (χ4n) is 7.76. The molecule has 4 aliphatic rings. The largest absolute Gasteiger partial charge is 0.393 e. The maximum absolute atomic E-state index is 12.4. The van der Waals surface area contributed by atoms with Gasteiger partial charge >= 0.3 is 0 Å². The van der Waals surface area contributed by atoms with E-state index in [0.717, 1.165) is 25.7 Å². The Morgan fingerprint density at radius 1 is 1.19 bits per heavy atom. The number of hydrogen-bond acceptors (Lipinski definition) is 5. The standard InChI is InChI=1S/C21H32O5/c1-19-7-5-13(23)9-12(19)3-4-14-15-6-8-21(26,17(25)11-22)20(15,2)10-16(24)18(14)19/h12,14-16,18,22,24,26H,3-11H2,1-2H3/t12?,14-,15-,16-,18+,19-,20-,21+/m0/s1. The van der Waals surface area contributed by atoms with Crippen LogP contribution in [-0.4, -0.2) is 45.2 Å². The lowest BCUT2D eigenvalue weighted by molar-refractivity contribution is -0.198. The normalized spacial score (nSPS) is 53.6. The number of hydrogen-bond donors (Lipinski definition) is 3. The van der Waals surface area contributed by atoms with E-state index in [0.29, 0.717) is 37.4 Å². The van der Waals surface area contributed by atoms with Crippen LogP contribution in [0.1, 0.15) is 65.2 Å². The Morgan fingerprint density at radius 3 is 2.62 bits per heavy atom. The van der Waals surface area contributed by atoms with E-state index in [2.05, 4.69) is 6.92 Å². The van der Waals surface area contributed by atoms with Gasteiger partial charge < -0.3 is 15.3 Å². The summed E-state index contributed by atoms with van der Waals surface area (Å²) in [6.07, 6.45) is 5.02. The Kier molecular flexibility index (Phi) is 4.18. The smallest absolute Gasteiger partial charge is 0.190 e. The summed E-state index contributed by atoms with van der Waals surface area (Å²) >= 11 is 0. The summed E-state index contributed by atoms with van der Waals surface area (Å²) in [6.45, 7) is 3.55. The van der Waals surface area contributed by atoms with Gasteiger partial charge in [-0.2, -0.15) is 0 Å². The average Bonchev–Trinajstić information content (AvgIpc) is 2.86. The molecule has 0 bridgehead atoms. The molecule has 0 saturated heterocycles. The lowest BCUT2D eigenvalue weighted by Gasteiger charge is -2.62. The number of carbonyl (C=O) groups is 2. The predicted molar refractivity (Wildman–Crippen MR) is 95.2 cm³/mol. The lowest BCUT2D eigenvalue weighted by atomic mass is 9.43. The number of carbonyl (C=O) groups excluding carboxylic acids is 2. The first-order chi connectivity index (χ1) is 12.2. The van der Waals surface area contributed by atoms with E-state index in [-0.39, 0.29) is 23.2 Å². The number of aliphatic hydroxyl groups excluding tert-OH is 2.